The molecule has 0 aromatic carbocycles. The van der Waals surface area contributed by atoms with Gasteiger partial charge in [0, 0.05) is 5.41 Å². The Bertz CT molecular complexity index is 931. The lowest BCUT2D eigenvalue weighted by molar-refractivity contribution is -0.292. The first kappa shape index (κ1) is 27.8. The predicted octanol–water partition coefficient (Wildman–Crippen LogP) is 3.20. The van der Waals surface area contributed by atoms with Crippen LogP contribution in [0.1, 0.15) is 92.4 Å². The van der Waals surface area contributed by atoms with Crippen LogP contribution in [-0.2, 0) is 4.79 Å². The number of aliphatic hydroxyl groups excluding tert-OH is 5. The van der Waals surface area contributed by atoms with Crippen molar-refractivity contribution in [2.75, 3.05) is 13.2 Å². The SMILES string of the molecule is CC1(C)CCC2(C(=O)O)C(O)CC3(C)C(CCC4C5(C)CC(O)C(O)C(CO)(CO)C5CCC43C)C2C1. The number of aliphatic hydroxyl groups is 5. The third-order valence-electron chi connectivity index (χ3n) is 13.8. The Balaban J connectivity index is 1.59. The van der Waals surface area contributed by atoms with Gasteiger partial charge in [-0.1, -0.05) is 34.6 Å². The summed E-state index contributed by atoms with van der Waals surface area (Å²) in [6, 6.07) is 0. The van der Waals surface area contributed by atoms with Crippen molar-refractivity contribution in [3.63, 3.8) is 0 Å². The first-order valence-electron chi connectivity index (χ1n) is 14.6. The van der Waals surface area contributed by atoms with Crippen LogP contribution < -0.4 is 0 Å². The summed E-state index contributed by atoms with van der Waals surface area (Å²) in [4.78, 5) is 12.9. The number of carbonyl (C=O) groups is 1. The monoisotopic (exact) mass is 522 g/mol. The maximum atomic E-state index is 12.9. The van der Waals surface area contributed by atoms with Crippen LogP contribution in [0.15, 0.2) is 0 Å². The summed E-state index contributed by atoms with van der Waals surface area (Å²) < 4.78 is 0. The Morgan fingerprint density at radius 2 is 1.41 bits per heavy atom. The number of hydrogen-bond acceptors (Lipinski definition) is 6. The summed E-state index contributed by atoms with van der Waals surface area (Å²) in [7, 11) is 0. The summed E-state index contributed by atoms with van der Waals surface area (Å²) in [6.07, 6.45) is 3.23. The molecule has 37 heavy (non-hydrogen) atoms. The van der Waals surface area contributed by atoms with Gasteiger partial charge in [-0.2, -0.15) is 0 Å². The fourth-order valence-electron chi connectivity index (χ4n) is 11.7. The van der Waals surface area contributed by atoms with Crippen molar-refractivity contribution in [3.8, 4) is 0 Å². The Morgan fingerprint density at radius 3 is 2.00 bits per heavy atom. The summed E-state index contributed by atoms with van der Waals surface area (Å²) in [5.74, 6) is -0.704. The first-order valence-corrected chi connectivity index (χ1v) is 14.6. The molecule has 5 fully saturated rings. The van der Waals surface area contributed by atoms with Crippen LogP contribution in [0.25, 0.3) is 0 Å². The first-order chi connectivity index (χ1) is 17.1. The van der Waals surface area contributed by atoms with E-state index in [1.54, 1.807) is 0 Å². The zero-order valence-corrected chi connectivity index (χ0v) is 23.4. The lowest BCUT2D eigenvalue weighted by atomic mass is 9.31. The lowest BCUT2D eigenvalue weighted by Crippen LogP contribution is -2.72. The van der Waals surface area contributed by atoms with E-state index in [-0.39, 0.29) is 53.1 Å². The third kappa shape index (κ3) is 3.27. The van der Waals surface area contributed by atoms with Crippen LogP contribution in [0.4, 0.5) is 0 Å². The van der Waals surface area contributed by atoms with Gasteiger partial charge in [0.1, 0.15) is 0 Å². The molecule has 5 aliphatic rings. The highest BCUT2D eigenvalue weighted by molar-refractivity contribution is 5.76. The molecule has 11 unspecified atom stereocenters. The maximum Gasteiger partial charge on any atom is 0.312 e. The fraction of sp³-hybridized carbons (Fsp3) is 0.967. The van der Waals surface area contributed by atoms with Crippen LogP contribution >= 0.6 is 0 Å². The van der Waals surface area contributed by atoms with Gasteiger partial charge in [-0.25, -0.2) is 0 Å². The highest BCUT2D eigenvalue weighted by atomic mass is 16.4. The van der Waals surface area contributed by atoms with Gasteiger partial charge in [0.15, 0.2) is 0 Å². The maximum absolute atomic E-state index is 12.9. The standard InChI is InChI=1S/C30H50O7/c1-25(2)10-11-30(24(36)37)18(12-25)17-6-7-20-26(3)13-19(33)23(35)29(15-31,16-32)21(26)8-9-27(20,4)28(17,5)14-22(30)34/h17-23,31-35H,6-16H2,1-5H3,(H,36,37). The van der Waals surface area contributed by atoms with Crippen molar-refractivity contribution in [2.45, 2.75) is 111 Å². The zero-order chi connectivity index (χ0) is 27.4. The number of fused-ring (bicyclic) bond motifs is 7. The van der Waals surface area contributed by atoms with Crippen molar-refractivity contribution in [3.05, 3.63) is 0 Å². The molecule has 0 spiro atoms. The topological polar surface area (TPSA) is 138 Å². The molecule has 0 heterocycles. The number of rotatable bonds is 3. The molecule has 0 radical (unpaired) electrons. The van der Waals surface area contributed by atoms with E-state index in [9.17, 15) is 35.4 Å². The number of hydrogen-bond donors (Lipinski definition) is 6. The minimum atomic E-state index is -1.17. The molecular formula is C30H50O7. The summed E-state index contributed by atoms with van der Waals surface area (Å²) in [5.41, 5.74) is -3.07. The Labute approximate surface area is 221 Å². The van der Waals surface area contributed by atoms with E-state index in [1.807, 2.05) is 0 Å². The quantitative estimate of drug-likeness (QED) is 0.335. The lowest BCUT2D eigenvalue weighted by Gasteiger charge is -2.74. The number of carboxylic acids is 1. The Hall–Kier alpha value is -0.730. The van der Waals surface area contributed by atoms with Crippen molar-refractivity contribution >= 4 is 5.97 Å². The summed E-state index contributed by atoms with van der Waals surface area (Å²) >= 11 is 0. The molecule has 6 N–H and O–H groups in total. The average molecular weight is 523 g/mol. The van der Waals surface area contributed by atoms with E-state index in [0.29, 0.717) is 25.7 Å². The number of aliphatic carboxylic acids is 1. The molecule has 0 bridgehead atoms. The smallest absolute Gasteiger partial charge is 0.312 e. The van der Waals surface area contributed by atoms with Gasteiger partial charge in [-0.15, -0.1) is 0 Å². The van der Waals surface area contributed by atoms with Crippen LogP contribution in [0, 0.1) is 56.2 Å². The normalized spacial score (nSPS) is 54.3. The molecule has 0 saturated heterocycles. The molecule has 0 amide bonds. The second-order valence-electron chi connectivity index (χ2n) is 15.5. The molecule has 5 saturated carbocycles. The summed E-state index contributed by atoms with van der Waals surface area (Å²) in [6.45, 7) is 10.5. The largest absolute Gasteiger partial charge is 0.481 e. The third-order valence-corrected chi connectivity index (χ3v) is 13.8. The molecule has 212 valence electrons. The van der Waals surface area contributed by atoms with Gasteiger partial charge in [-0.3, -0.25) is 4.79 Å². The molecule has 0 aromatic heterocycles. The van der Waals surface area contributed by atoms with Gasteiger partial charge in [0.25, 0.3) is 0 Å². The second kappa shape index (κ2) is 8.39. The van der Waals surface area contributed by atoms with E-state index in [2.05, 4.69) is 34.6 Å². The average Bonchev–Trinajstić information content (AvgIpc) is 2.80. The molecule has 0 aromatic rings. The molecule has 5 rings (SSSR count). The Kier molecular flexibility index (Phi) is 6.31. The van der Waals surface area contributed by atoms with Gasteiger partial charge in [0.05, 0.1) is 36.9 Å². The van der Waals surface area contributed by atoms with E-state index >= 15 is 0 Å². The van der Waals surface area contributed by atoms with Gasteiger partial charge < -0.3 is 30.6 Å². The van der Waals surface area contributed by atoms with Crippen LogP contribution in [0.2, 0.25) is 0 Å². The van der Waals surface area contributed by atoms with Crippen LogP contribution in [-0.4, -0.2) is 68.1 Å². The van der Waals surface area contributed by atoms with Crippen LogP contribution in [0.3, 0.4) is 0 Å². The predicted molar refractivity (Wildman–Crippen MR) is 138 cm³/mol. The van der Waals surface area contributed by atoms with E-state index in [4.69, 9.17) is 0 Å². The molecule has 11 atom stereocenters. The van der Waals surface area contributed by atoms with Crippen molar-refractivity contribution in [2.24, 2.45) is 56.2 Å². The zero-order valence-electron chi connectivity index (χ0n) is 23.4. The molecular weight excluding hydrogens is 472 g/mol. The van der Waals surface area contributed by atoms with Crippen LogP contribution in [0.5, 0.6) is 0 Å². The van der Waals surface area contributed by atoms with Crippen molar-refractivity contribution in [1.82, 2.24) is 0 Å². The van der Waals surface area contributed by atoms with Gasteiger partial charge in [-0.05, 0) is 103 Å². The second-order valence-corrected chi connectivity index (χ2v) is 15.5. The molecule has 7 nitrogen and oxygen atoms in total. The van der Waals surface area contributed by atoms with E-state index < -0.39 is 40.5 Å². The Morgan fingerprint density at radius 1 is 0.757 bits per heavy atom. The molecule has 7 heteroatoms. The number of carboxylic acid groups (broad SMARTS) is 1. The van der Waals surface area contributed by atoms with Gasteiger partial charge in [0.2, 0.25) is 0 Å². The fourth-order valence-corrected chi connectivity index (χ4v) is 11.7. The van der Waals surface area contributed by atoms with Gasteiger partial charge >= 0.3 is 5.97 Å². The minimum absolute atomic E-state index is 0.0362. The molecule has 5 aliphatic carbocycles. The highest BCUT2D eigenvalue weighted by Crippen LogP contribution is 2.77. The highest BCUT2D eigenvalue weighted by Gasteiger charge is 2.74. The molecule has 0 aliphatic heterocycles. The minimum Gasteiger partial charge on any atom is -0.481 e. The van der Waals surface area contributed by atoms with Crippen molar-refractivity contribution < 1.29 is 35.4 Å². The summed E-state index contributed by atoms with van der Waals surface area (Å²) in [5, 5.41) is 65.2. The van der Waals surface area contributed by atoms with Crippen molar-refractivity contribution in [1.29, 1.82) is 0 Å². The van der Waals surface area contributed by atoms with E-state index in [0.717, 1.165) is 32.1 Å². The van der Waals surface area contributed by atoms with E-state index in [1.165, 1.54) is 0 Å².